The highest BCUT2D eigenvalue weighted by atomic mass is 32.2. The third kappa shape index (κ3) is 4.69. The van der Waals surface area contributed by atoms with Crippen LogP contribution in [0.2, 0.25) is 0 Å². The molecule has 0 aliphatic heterocycles. The van der Waals surface area contributed by atoms with E-state index in [1.54, 1.807) is 0 Å². The molecule has 8 nitrogen and oxygen atoms in total. The number of aromatic nitrogens is 6. The molecule has 0 radical (unpaired) electrons. The van der Waals surface area contributed by atoms with E-state index in [0.717, 1.165) is 22.6 Å². The Bertz CT molecular complexity index is 1120. The van der Waals surface area contributed by atoms with Crippen LogP contribution >= 0.6 is 11.8 Å². The van der Waals surface area contributed by atoms with Gasteiger partial charge >= 0.3 is 0 Å². The number of nitrogens with one attached hydrogen (secondary N) is 2. The number of H-pyrrole nitrogens is 1. The monoisotopic (exact) mass is 404 g/mol. The molecule has 0 saturated heterocycles. The fourth-order valence-corrected chi connectivity index (χ4v) is 3.33. The topological polar surface area (TPSA) is 118 Å². The first-order chi connectivity index (χ1) is 14.1. The fourth-order valence-electron chi connectivity index (χ4n) is 2.67. The molecular weight excluding hydrogens is 384 g/mol. The zero-order chi connectivity index (χ0) is 20.2. The molecule has 0 aliphatic carbocycles. The Morgan fingerprint density at radius 1 is 0.966 bits per heavy atom. The number of aromatic amines is 1. The minimum atomic E-state index is 0.169. The summed E-state index contributed by atoms with van der Waals surface area (Å²) in [6.07, 6.45) is 0. The van der Waals surface area contributed by atoms with Crippen LogP contribution in [0.15, 0.2) is 53.7 Å². The number of hydrogen-bond acceptors (Lipinski definition) is 8. The predicted octanol–water partition coefficient (Wildman–Crippen LogP) is 3.89. The Morgan fingerprint density at radius 3 is 2.55 bits per heavy atom. The average Bonchev–Trinajstić information content (AvgIpc) is 3.17. The molecule has 2 aromatic heterocycles. The number of nitrogen functional groups attached to an aromatic ring is 1. The average molecular weight is 405 g/mol. The van der Waals surface area contributed by atoms with Gasteiger partial charge in [0, 0.05) is 11.3 Å². The van der Waals surface area contributed by atoms with Gasteiger partial charge in [0.05, 0.1) is 5.75 Å². The molecule has 4 aromatic rings. The van der Waals surface area contributed by atoms with Crippen molar-refractivity contribution in [2.75, 3.05) is 11.1 Å². The van der Waals surface area contributed by atoms with Crippen LogP contribution < -0.4 is 11.1 Å². The van der Waals surface area contributed by atoms with Crippen LogP contribution in [0.5, 0.6) is 0 Å². The van der Waals surface area contributed by atoms with Crippen molar-refractivity contribution in [3.63, 3.8) is 0 Å². The van der Waals surface area contributed by atoms with Gasteiger partial charge in [-0.15, -0.1) is 5.10 Å². The van der Waals surface area contributed by atoms with Crippen LogP contribution in [0.25, 0.3) is 11.4 Å². The van der Waals surface area contributed by atoms with E-state index >= 15 is 0 Å². The first-order valence-electron chi connectivity index (χ1n) is 9.02. The smallest absolute Gasteiger partial charge is 0.232 e. The predicted molar refractivity (Wildman–Crippen MR) is 115 cm³/mol. The van der Waals surface area contributed by atoms with Crippen molar-refractivity contribution < 1.29 is 0 Å². The Kier molecular flexibility index (Phi) is 5.39. The molecule has 0 spiro atoms. The number of nitrogens with zero attached hydrogens (tertiary/aromatic N) is 5. The lowest BCUT2D eigenvalue weighted by Crippen LogP contribution is -2.07. The van der Waals surface area contributed by atoms with E-state index < -0.39 is 0 Å². The summed E-state index contributed by atoms with van der Waals surface area (Å²) < 4.78 is 0. The molecule has 2 heterocycles. The van der Waals surface area contributed by atoms with E-state index in [9.17, 15) is 0 Å². The van der Waals surface area contributed by atoms with Gasteiger partial charge in [0.25, 0.3) is 0 Å². The maximum absolute atomic E-state index is 5.86. The minimum Gasteiger partial charge on any atom is -0.368 e. The van der Waals surface area contributed by atoms with Crippen molar-refractivity contribution in [2.24, 2.45) is 0 Å². The summed E-state index contributed by atoms with van der Waals surface area (Å²) in [5.41, 5.74) is 10.1. The van der Waals surface area contributed by atoms with Crippen molar-refractivity contribution >= 4 is 29.3 Å². The summed E-state index contributed by atoms with van der Waals surface area (Å²) in [7, 11) is 0. The van der Waals surface area contributed by atoms with E-state index in [-0.39, 0.29) is 5.95 Å². The normalized spacial score (nSPS) is 10.8. The lowest BCUT2D eigenvalue weighted by molar-refractivity contribution is 0.955. The largest absolute Gasteiger partial charge is 0.368 e. The molecule has 4 N–H and O–H groups in total. The van der Waals surface area contributed by atoms with E-state index in [1.165, 1.54) is 17.3 Å². The molecule has 29 heavy (non-hydrogen) atoms. The zero-order valence-electron chi connectivity index (χ0n) is 16.0. The highest BCUT2D eigenvalue weighted by molar-refractivity contribution is 7.98. The van der Waals surface area contributed by atoms with Crippen LogP contribution in [0, 0.1) is 13.8 Å². The second-order valence-corrected chi connectivity index (χ2v) is 7.44. The van der Waals surface area contributed by atoms with Gasteiger partial charge in [0.15, 0.2) is 5.82 Å². The van der Waals surface area contributed by atoms with Crippen molar-refractivity contribution in [1.29, 1.82) is 0 Å². The second-order valence-electron chi connectivity index (χ2n) is 6.49. The van der Waals surface area contributed by atoms with Crippen LogP contribution in [-0.2, 0) is 5.75 Å². The molecule has 9 heteroatoms. The quantitative estimate of drug-likeness (QED) is 0.414. The van der Waals surface area contributed by atoms with Gasteiger partial charge < -0.3 is 11.1 Å². The molecule has 4 rings (SSSR count). The lowest BCUT2D eigenvalue weighted by Gasteiger charge is -2.09. The number of anilines is 3. The van der Waals surface area contributed by atoms with E-state index in [1.807, 2.05) is 62.4 Å². The maximum Gasteiger partial charge on any atom is 0.232 e. The van der Waals surface area contributed by atoms with Gasteiger partial charge in [-0.3, -0.25) is 5.10 Å². The third-order valence-electron chi connectivity index (χ3n) is 4.21. The second kappa shape index (κ2) is 8.27. The van der Waals surface area contributed by atoms with E-state index in [0.29, 0.717) is 22.7 Å². The van der Waals surface area contributed by atoms with Gasteiger partial charge in [0.2, 0.25) is 17.1 Å². The van der Waals surface area contributed by atoms with E-state index in [4.69, 9.17) is 5.73 Å². The van der Waals surface area contributed by atoms with Crippen LogP contribution in [-0.4, -0.2) is 30.1 Å². The number of para-hydroxylation sites is 1. The molecule has 0 aliphatic rings. The third-order valence-corrected chi connectivity index (χ3v) is 5.05. The van der Waals surface area contributed by atoms with Gasteiger partial charge in [-0.1, -0.05) is 59.8 Å². The summed E-state index contributed by atoms with van der Waals surface area (Å²) in [6, 6.07) is 16.0. The first kappa shape index (κ1) is 18.9. The first-order valence-corrected chi connectivity index (χ1v) is 10.0. The summed E-state index contributed by atoms with van der Waals surface area (Å²) in [5, 5.41) is 11.0. The van der Waals surface area contributed by atoms with E-state index in [2.05, 4.69) is 35.5 Å². The van der Waals surface area contributed by atoms with Gasteiger partial charge in [-0.05, 0) is 25.5 Å². The Labute approximate surface area is 172 Å². The van der Waals surface area contributed by atoms with Gasteiger partial charge in [0.1, 0.15) is 5.82 Å². The highest BCUT2D eigenvalue weighted by Crippen LogP contribution is 2.23. The molecule has 0 unspecified atom stereocenters. The molecule has 0 amide bonds. The molecular formula is C20H20N8S. The molecule has 0 bridgehead atoms. The number of benzene rings is 2. The molecule has 146 valence electrons. The number of hydrogen-bond donors (Lipinski definition) is 3. The Morgan fingerprint density at radius 2 is 1.76 bits per heavy atom. The molecule has 0 saturated carbocycles. The molecule has 0 fully saturated rings. The van der Waals surface area contributed by atoms with Crippen molar-refractivity contribution in [2.45, 2.75) is 24.8 Å². The summed E-state index contributed by atoms with van der Waals surface area (Å²) in [4.78, 5) is 17.4. The molecule has 0 atom stereocenters. The van der Waals surface area contributed by atoms with Gasteiger partial charge in [-0.2, -0.15) is 15.0 Å². The standard InChI is InChI=1S/C20H20N8S/c1-12-7-9-14(10-8-12)17-25-20(28-27-17)29-11-16-23-18(21)26-19(24-16)22-15-6-4-3-5-13(15)2/h3-10H,11H2,1-2H3,(H,25,27,28)(H3,21,22,23,24,26). The number of thioether (sulfide) groups is 1. The Hall–Kier alpha value is -3.46. The van der Waals surface area contributed by atoms with Gasteiger partial charge in [-0.25, -0.2) is 4.98 Å². The number of aryl methyl sites for hydroxylation is 2. The summed E-state index contributed by atoms with van der Waals surface area (Å²) >= 11 is 1.43. The van der Waals surface area contributed by atoms with Crippen molar-refractivity contribution in [3.05, 3.63) is 65.5 Å². The summed E-state index contributed by atoms with van der Waals surface area (Å²) in [6.45, 7) is 4.06. The highest BCUT2D eigenvalue weighted by Gasteiger charge is 2.10. The molecule has 2 aromatic carbocycles. The number of nitrogens with two attached hydrogens (primary N) is 1. The SMILES string of the molecule is Cc1ccc(-c2nc(SCc3nc(N)nc(Nc4ccccc4C)n3)n[nH]2)cc1. The minimum absolute atomic E-state index is 0.169. The Balaban J connectivity index is 1.45. The fraction of sp³-hybridized carbons (Fsp3) is 0.150. The summed E-state index contributed by atoms with van der Waals surface area (Å²) in [5.74, 6) is 2.34. The van der Waals surface area contributed by atoms with Crippen LogP contribution in [0.1, 0.15) is 17.0 Å². The lowest BCUT2D eigenvalue weighted by atomic mass is 10.1. The van der Waals surface area contributed by atoms with Crippen molar-refractivity contribution in [3.8, 4) is 11.4 Å². The maximum atomic E-state index is 5.86. The van der Waals surface area contributed by atoms with Crippen molar-refractivity contribution in [1.82, 2.24) is 30.1 Å². The van der Waals surface area contributed by atoms with Crippen LogP contribution in [0.3, 0.4) is 0 Å². The van der Waals surface area contributed by atoms with Crippen LogP contribution in [0.4, 0.5) is 17.6 Å². The number of rotatable bonds is 6. The zero-order valence-corrected chi connectivity index (χ0v) is 16.9.